The van der Waals surface area contributed by atoms with Crippen LogP contribution in [-0.2, 0) is 9.47 Å². The summed E-state index contributed by atoms with van der Waals surface area (Å²) in [5, 5.41) is 1.14. The number of benzene rings is 1. The summed E-state index contributed by atoms with van der Waals surface area (Å²) in [5.74, 6) is -0.377. The highest BCUT2D eigenvalue weighted by molar-refractivity contribution is 7.20. The molecule has 2 aliphatic heterocycles. The van der Waals surface area contributed by atoms with Gasteiger partial charge in [-0.05, 0) is 31.4 Å². The summed E-state index contributed by atoms with van der Waals surface area (Å²) in [7, 11) is 0. The monoisotopic (exact) mass is 317 g/mol. The Morgan fingerprint density at radius 1 is 1.18 bits per heavy atom. The predicted octanol–water partition coefficient (Wildman–Crippen LogP) is 3.13. The van der Waals surface area contributed by atoms with Gasteiger partial charge in [0.25, 0.3) is 5.91 Å². The predicted molar refractivity (Wildman–Crippen MR) is 86.1 cm³/mol. The first-order valence-electron chi connectivity index (χ1n) is 7.52. The molecular formula is C17H19NO3S. The Morgan fingerprint density at radius 2 is 1.86 bits per heavy atom. The Morgan fingerprint density at radius 3 is 2.55 bits per heavy atom. The van der Waals surface area contributed by atoms with Crippen LogP contribution in [0.5, 0.6) is 0 Å². The van der Waals surface area contributed by atoms with Gasteiger partial charge in [0.2, 0.25) is 0 Å². The molecule has 4 rings (SSSR count). The third-order valence-corrected chi connectivity index (χ3v) is 5.53. The van der Waals surface area contributed by atoms with Gasteiger partial charge in [0, 0.05) is 17.8 Å². The quantitative estimate of drug-likeness (QED) is 0.811. The SMILES string of the molecule is CC1(C)OCC2(CO1)CN(C(=O)c1cc3ccccc3s1)C2. The van der Waals surface area contributed by atoms with E-state index in [1.807, 2.05) is 43.0 Å². The van der Waals surface area contributed by atoms with E-state index in [2.05, 4.69) is 6.07 Å². The van der Waals surface area contributed by atoms with Crippen molar-refractivity contribution in [1.82, 2.24) is 4.90 Å². The number of thiophene rings is 1. The van der Waals surface area contributed by atoms with E-state index in [4.69, 9.17) is 9.47 Å². The van der Waals surface area contributed by atoms with Crippen molar-refractivity contribution < 1.29 is 14.3 Å². The zero-order valence-corrected chi connectivity index (χ0v) is 13.6. The van der Waals surface area contributed by atoms with Crippen molar-refractivity contribution in [2.45, 2.75) is 19.6 Å². The van der Waals surface area contributed by atoms with Gasteiger partial charge in [-0.2, -0.15) is 0 Å². The van der Waals surface area contributed by atoms with Gasteiger partial charge in [0.1, 0.15) is 0 Å². The summed E-state index contributed by atoms with van der Waals surface area (Å²) in [6, 6.07) is 10.1. The standard InChI is InChI=1S/C17H19NO3S/c1-16(2)20-10-17(11-21-16)8-18(9-17)15(19)14-7-12-5-3-4-6-13(12)22-14/h3-7H,8-11H2,1-2H3. The third-order valence-electron chi connectivity index (χ3n) is 4.43. The smallest absolute Gasteiger partial charge is 0.264 e. The van der Waals surface area contributed by atoms with Crippen molar-refractivity contribution in [1.29, 1.82) is 0 Å². The zero-order chi connectivity index (χ0) is 15.4. The highest BCUT2D eigenvalue weighted by Crippen LogP contribution is 2.39. The van der Waals surface area contributed by atoms with Crippen molar-refractivity contribution in [3.8, 4) is 0 Å². The van der Waals surface area contributed by atoms with Crippen molar-refractivity contribution in [3.63, 3.8) is 0 Å². The fourth-order valence-corrected chi connectivity index (χ4v) is 4.10. The molecule has 0 atom stereocenters. The molecule has 0 aliphatic carbocycles. The molecule has 0 radical (unpaired) electrons. The number of ether oxygens (including phenoxy) is 2. The molecule has 1 aromatic heterocycles. The highest BCUT2D eigenvalue weighted by atomic mass is 32.1. The molecule has 2 aliphatic rings. The van der Waals surface area contributed by atoms with Crippen LogP contribution < -0.4 is 0 Å². The number of carbonyl (C=O) groups is 1. The molecule has 1 spiro atoms. The van der Waals surface area contributed by atoms with Gasteiger partial charge in [0.05, 0.1) is 23.5 Å². The van der Waals surface area contributed by atoms with Gasteiger partial charge in [-0.3, -0.25) is 4.79 Å². The Balaban J connectivity index is 1.45. The Bertz CT molecular complexity index is 685. The van der Waals surface area contributed by atoms with Crippen LogP contribution in [-0.4, -0.2) is 42.9 Å². The van der Waals surface area contributed by atoms with Crippen molar-refractivity contribution in [3.05, 3.63) is 35.2 Å². The van der Waals surface area contributed by atoms with Crippen LogP contribution >= 0.6 is 11.3 Å². The average molecular weight is 317 g/mol. The van der Waals surface area contributed by atoms with E-state index in [1.165, 1.54) is 0 Å². The number of rotatable bonds is 1. The van der Waals surface area contributed by atoms with Gasteiger partial charge in [-0.25, -0.2) is 0 Å². The second kappa shape index (κ2) is 4.78. The molecule has 4 nitrogen and oxygen atoms in total. The molecule has 0 N–H and O–H groups in total. The van der Waals surface area contributed by atoms with E-state index >= 15 is 0 Å². The van der Waals surface area contributed by atoms with E-state index in [9.17, 15) is 4.79 Å². The molecule has 2 saturated heterocycles. The molecule has 3 heterocycles. The normalized spacial score (nSPS) is 22.7. The van der Waals surface area contributed by atoms with Crippen molar-refractivity contribution in [2.24, 2.45) is 5.41 Å². The van der Waals surface area contributed by atoms with Gasteiger partial charge >= 0.3 is 0 Å². The summed E-state index contributed by atoms with van der Waals surface area (Å²) in [4.78, 5) is 15.3. The van der Waals surface area contributed by atoms with Crippen LogP contribution in [0.15, 0.2) is 30.3 Å². The van der Waals surface area contributed by atoms with E-state index in [1.54, 1.807) is 11.3 Å². The molecule has 0 saturated carbocycles. The van der Waals surface area contributed by atoms with Crippen molar-refractivity contribution in [2.75, 3.05) is 26.3 Å². The Kier molecular flexibility index (Phi) is 3.08. The summed E-state index contributed by atoms with van der Waals surface area (Å²) in [6.07, 6.45) is 0. The molecule has 116 valence electrons. The van der Waals surface area contributed by atoms with Crippen LogP contribution in [0.2, 0.25) is 0 Å². The first-order chi connectivity index (χ1) is 10.5. The minimum Gasteiger partial charge on any atom is -0.350 e. The second-order valence-electron chi connectivity index (χ2n) is 6.79. The summed E-state index contributed by atoms with van der Waals surface area (Å²) >= 11 is 1.56. The minimum absolute atomic E-state index is 0.0120. The first kappa shape index (κ1) is 14.2. The average Bonchev–Trinajstić information content (AvgIpc) is 2.89. The lowest BCUT2D eigenvalue weighted by Crippen LogP contribution is -2.65. The summed E-state index contributed by atoms with van der Waals surface area (Å²) < 4.78 is 12.7. The van der Waals surface area contributed by atoms with Crippen LogP contribution in [0.4, 0.5) is 0 Å². The number of hydrogen-bond acceptors (Lipinski definition) is 4. The van der Waals surface area contributed by atoms with E-state index in [0.29, 0.717) is 13.2 Å². The van der Waals surface area contributed by atoms with Gasteiger partial charge in [-0.15, -0.1) is 11.3 Å². The summed E-state index contributed by atoms with van der Waals surface area (Å²) in [5.41, 5.74) is -0.0120. The topological polar surface area (TPSA) is 38.8 Å². The molecule has 22 heavy (non-hydrogen) atoms. The van der Waals surface area contributed by atoms with Crippen LogP contribution in [0.25, 0.3) is 10.1 Å². The molecule has 1 amide bonds. The first-order valence-corrected chi connectivity index (χ1v) is 8.34. The van der Waals surface area contributed by atoms with E-state index in [-0.39, 0.29) is 11.3 Å². The molecule has 2 aromatic rings. The van der Waals surface area contributed by atoms with E-state index < -0.39 is 5.79 Å². The van der Waals surface area contributed by atoms with Gasteiger partial charge in [-0.1, -0.05) is 18.2 Å². The maximum absolute atomic E-state index is 12.6. The fraction of sp³-hybridized carbons (Fsp3) is 0.471. The molecule has 0 bridgehead atoms. The zero-order valence-electron chi connectivity index (χ0n) is 12.8. The Labute approximate surface area is 133 Å². The molecule has 0 unspecified atom stereocenters. The minimum atomic E-state index is -0.499. The molecule has 2 fully saturated rings. The number of fused-ring (bicyclic) bond motifs is 1. The molecule has 1 aromatic carbocycles. The molecule has 5 heteroatoms. The van der Waals surface area contributed by atoms with Crippen LogP contribution in [0, 0.1) is 5.41 Å². The van der Waals surface area contributed by atoms with Gasteiger partial charge < -0.3 is 14.4 Å². The number of hydrogen-bond donors (Lipinski definition) is 0. The lowest BCUT2D eigenvalue weighted by atomic mass is 9.80. The number of likely N-dealkylation sites (tertiary alicyclic amines) is 1. The maximum Gasteiger partial charge on any atom is 0.264 e. The van der Waals surface area contributed by atoms with E-state index in [0.717, 1.165) is 28.1 Å². The third kappa shape index (κ3) is 2.33. The number of amides is 1. The summed E-state index contributed by atoms with van der Waals surface area (Å²) in [6.45, 7) is 6.62. The fourth-order valence-electron chi connectivity index (χ4n) is 3.07. The Hall–Kier alpha value is -1.43. The number of nitrogens with zero attached hydrogens (tertiary/aromatic N) is 1. The number of carbonyl (C=O) groups excluding carboxylic acids is 1. The second-order valence-corrected chi connectivity index (χ2v) is 7.87. The largest absolute Gasteiger partial charge is 0.350 e. The highest BCUT2D eigenvalue weighted by Gasteiger charge is 2.50. The maximum atomic E-state index is 12.6. The van der Waals surface area contributed by atoms with Crippen LogP contribution in [0.3, 0.4) is 0 Å². The van der Waals surface area contributed by atoms with Crippen LogP contribution in [0.1, 0.15) is 23.5 Å². The molecular weight excluding hydrogens is 298 g/mol. The lowest BCUT2D eigenvalue weighted by Gasteiger charge is -2.53. The van der Waals surface area contributed by atoms with Gasteiger partial charge in [0.15, 0.2) is 5.79 Å². The van der Waals surface area contributed by atoms with Crippen molar-refractivity contribution >= 4 is 27.3 Å². The lowest BCUT2D eigenvalue weighted by molar-refractivity contribution is -0.301.